The first-order valence-corrected chi connectivity index (χ1v) is 4.79. The minimum atomic E-state index is 0.133. The van der Waals surface area contributed by atoms with Crippen molar-refractivity contribution in [3.63, 3.8) is 0 Å². The zero-order chi connectivity index (χ0) is 8.97. The van der Waals surface area contributed by atoms with Gasteiger partial charge in [0.05, 0.1) is 6.10 Å². The van der Waals surface area contributed by atoms with Gasteiger partial charge in [0, 0.05) is 0 Å². The molecule has 2 heteroatoms. The fourth-order valence-electron chi connectivity index (χ4n) is 1.77. The highest BCUT2D eigenvalue weighted by molar-refractivity contribution is 5.76. The number of carbonyl (C=O) groups is 1. The Hall–Kier alpha value is -0.370. The molecule has 0 amide bonds. The van der Waals surface area contributed by atoms with Crippen molar-refractivity contribution in [1.29, 1.82) is 0 Å². The van der Waals surface area contributed by atoms with E-state index in [-0.39, 0.29) is 5.78 Å². The monoisotopic (exact) mass is 170 g/mol. The lowest BCUT2D eigenvalue weighted by atomic mass is 9.89. The third-order valence-corrected chi connectivity index (χ3v) is 2.41. The molecule has 2 atom stereocenters. The van der Waals surface area contributed by atoms with Crippen molar-refractivity contribution in [2.24, 2.45) is 5.92 Å². The van der Waals surface area contributed by atoms with Gasteiger partial charge in [-0.3, -0.25) is 4.79 Å². The van der Waals surface area contributed by atoms with Crippen LogP contribution >= 0.6 is 0 Å². The Balaban J connectivity index is 2.18. The van der Waals surface area contributed by atoms with Crippen molar-refractivity contribution in [3.8, 4) is 0 Å². The van der Waals surface area contributed by atoms with Crippen LogP contribution in [0.15, 0.2) is 0 Å². The maximum absolute atomic E-state index is 10.6. The van der Waals surface area contributed by atoms with E-state index in [1.54, 1.807) is 6.92 Å². The molecule has 2 nitrogen and oxygen atoms in total. The van der Waals surface area contributed by atoms with E-state index in [1.165, 1.54) is 12.8 Å². The Morgan fingerprint density at radius 2 is 2.25 bits per heavy atom. The fourth-order valence-corrected chi connectivity index (χ4v) is 1.77. The number of hydrogen-bond acceptors (Lipinski definition) is 2. The molecule has 12 heavy (non-hydrogen) atoms. The fraction of sp³-hybridized carbons (Fsp3) is 0.900. The van der Waals surface area contributed by atoms with Crippen LogP contribution in [0.3, 0.4) is 0 Å². The quantitative estimate of drug-likeness (QED) is 0.649. The van der Waals surface area contributed by atoms with Gasteiger partial charge in [-0.05, 0) is 25.7 Å². The van der Waals surface area contributed by atoms with E-state index in [4.69, 9.17) is 4.74 Å². The summed E-state index contributed by atoms with van der Waals surface area (Å²) in [5.74, 6) is 0.906. The van der Waals surface area contributed by atoms with Crippen LogP contribution in [0.1, 0.15) is 39.5 Å². The van der Waals surface area contributed by atoms with Crippen LogP contribution in [0.2, 0.25) is 0 Å². The Labute approximate surface area is 74.3 Å². The summed E-state index contributed by atoms with van der Waals surface area (Å²) in [6.07, 6.45) is 5.19. The molecule has 0 aromatic rings. The van der Waals surface area contributed by atoms with Crippen molar-refractivity contribution >= 4 is 5.78 Å². The normalized spacial score (nSPS) is 30.2. The average Bonchev–Trinajstić information content (AvgIpc) is 2.01. The van der Waals surface area contributed by atoms with Crippen LogP contribution in [0.25, 0.3) is 0 Å². The van der Waals surface area contributed by atoms with Gasteiger partial charge >= 0.3 is 0 Å². The van der Waals surface area contributed by atoms with Gasteiger partial charge in [-0.2, -0.15) is 0 Å². The molecule has 0 radical (unpaired) electrons. The molecule has 1 fully saturated rings. The van der Waals surface area contributed by atoms with Gasteiger partial charge in [0.15, 0.2) is 5.78 Å². The number of carbonyl (C=O) groups excluding carboxylic acids is 1. The van der Waals surface area contributed by atoms with Gasteiger partial charge in [-0.25, -0.2) is 0 Å². The first-order chi connectivity index (χ1) is 5.68. The molecule has 0 N–H and O–H groups in total. The summed E-state index contributed by atoms with van der Waals surface area (Å²) in [5.41, 5.74) is 0. The lowest BCUT2D eigenvalue weighted by Gasteiger charge is -2.26. The average molecular weight is 170 g/mol. The Kier molecular flexibility index (Phi) is 3.73. The Morgan fingerprint density at radius 3 is 2.83 bits per heavy atom. The highest BCUT2D eigenvalue weighted by Gasteiger charge is 2.19. The maximum Gasteiger partial charge on any atom is 0.155 e. The molecule has 0 aromatic carbocycles. The number of ketones is 1. The van der Waals surface area contributed by atoms with Gasteiger partial charge in [-0.1, -0.05) is 19.8 Å². The highest BCUT2D eigenvalue weighted by Crippen LogP contribution is 2.25. The summed E-state index contributed by atoms with van der Waals surface area (Å²) in [6.45, 7) is 4.13. The summed E-state index contributed by atoms with van der Waals surface area (Å²) >= 11 is 0. The third-order valence-electron chi connectivity index (χ3n) is 2.41. The number of hydrogen-bond donors (Lipinski definition) is 0. The second-order valence-corrected chi connectivity index (χ2v) is 3.91. The molecule has 1 rings (SSSR count). The van der Waals surface area contributed by atoms with E-state index in [9.17, 15) is 4.79 Å². The molecule has 0 saturated heterocycles. The molecule has 0 heterocycles. The highest BCUT2D eigenvalue weighted by atomic mass is 16.5. The van der Waals surface area contributed by atoms with E-state index in [2.05, 4.69) is 6.92 Å². The minimum absolute atomic E-state index is 0.133. The molecule has 1 unspecified atom stereocenters. The van der Waals surface area contributed by atoms with Crippen molar-refractivity contribution in [1.82, 2.24) is 0 Å². The van der Waals surface area contributed by atoms with Gasteiger partial charge in [0.25, 0.3) is 0 Å². The van der Waals surface area contributed by atoms with Gasteiger partial charge in [0.2, 0.25) is 0 Å². The molecule has 70 valence electrons. The van der Waals surface area contributed by atoms with Gasteiger partial charge < -0.3 is 4.74 Å². The standard InChI is InChI=1S/C10H18O2/c1-8-4-3-5-10(6-8)12-7-9(2)11/h8,10H,3-7H2,1-2H3/t8-,10?/m1/s1. The summed E-state index contributed by atoms with van der Waals surface area (Å²) < 4.78 is 5.47. The Bertz CT molecular complexity index is 154. The minimum Gasteiger partial charge on any atom is -0.370 e. The van der Waals surface area contributed by atoms with E-state index in [0.29, 0.717) is 12.7 Å². The zero-order valence-electron chi connectivity index (χ0n) is 8.01. The molecule has 0 bridgehead atoms. The molecular weight excluding hydrogens is 152 g/mol. The topological polar surface area (TPSA) is 26.3 Å². The lowest BCUT2D eigenvalue weighted by molar-refractivity contribution is -0.124. The number of Topliss-reactive ketones (excluding diaryl/α,β-unsaturated/α-hetero) is 1. The molecular formula is C10H18O2. The number of rotatable bonds is 3. The number of ether oxygens (including phenoxy) is 1. The summed E-state index contributed by atoms with van der Waals surface area (Å²) in [5, 5.41) is 0. The molecule has 1 saturated carbocycles. The summed E-state index contributed by atoms with van der Waals surface area (Å²) in [4.78, 5) is 10.6. The zero-order valence-corrected chi connectivity index (χ0v) is 8.01. The molecule has 0 aliphatic heterocycles. The second kappa shape index (κ2) is 4.61. The second-order valence-electron chi connectivity index (χ2n) is 3.91. The summed E-state index contributed by atoms with van der Waals surface area (Å²) in [7, 11) is 0. The van der Waals surface area contributed by atoms with Crippen molar-refractivity contribution < 1.29 is 9.53 Å². The predicted molar refractivity (Wildman–Crippen MR) is 48.1 cm³/mol. The first kappa shape index (κ1) is 9.72. The molecule has 0 aromatic heterocycles. The van der Waals surface area contributed by atoms with Crippen LogP contribution in [-0.4, -0.2) is 18.5 Å². The maximum atomic E-state index is 10.6. The smallest absolute Gasteiger partial charge is 0.155 e. The molecule has 1 aliphatic rings. The van der Waals surface area contributed by atoms with Crippen LogP contribution in [0, 0.1) is 5.92 Å². The lowest BCUT2D eigenvalue weighted by Crippen LogP contribution is -2.23. The Morgan fingerprint density at radius 1 is 1.50 bits per heavy atom. The molecule has 1 aliphatic carbocycles. The van der Waals surface area contributed by atoms with Crippen molar-refractivity contribution in [2.75, 3.05) is 6.61 Å². The van der Waals surface area contributed by atoms with E-state index in [1.807, 2.05) is 0 Å². The molecule has 0 spiro atoms. The largest absolute Gasteiger partial charge is 0.370 e. The van der Waals surface area contributed by atoms with E-state index < -0.39 is 0 Å². The van der Waals surface area contributed by atoms with Crippen LogP contribution < -0.4 is 0 Å². The van der Waals surface area contributed by atoms with Crippen molar-refractivity contribution in [3.05, 3.63) is 0 Å². The third kappa shape index (κ3) is 3.35. The van der Waals surface area contributed by atoms with Crippen LogP contribution in [0.4, 0.5) is 0 Å². The van der Waals surface area contributed by atoms with Gasteiger partial charge in [-0.15, -0.1) is 0 Å². The van der Waals surface area contributed by atoms with Crippen LogP contribution in [0.5, 0.6) is 0 Å². The predicted octanol–water partition coefficient (Wildman–Crippen LogP) is 2.17. The SMILES string of the molecule is CC(=O)COC1CCC[C@@H](C)C1. The van der Waals surface area contributed by atoms with Crippen LogP contribution in [-0.2, 0) is 9.53 Å². The summed E-state index contributed by atoms with van der Waals surface area (Å²) in [6, 6.07) is 0. The van der Waals surface area contributed by atoms with Crippen molar-refractivity contribution in [2.45, 2.75) is 45.6 Å². The first-order valence-electron chi connectivity index (χ1n) is 4.79. The van der Waals surface area contributed by atoms with Gasteiger partial charge in [0.1, 0.15) is 6.61 Å². The van der Waals surface area contributed by atoms with E-state index >= 15 is 0 Å². The van der Waals surface area contributed by atoms with E-state index in [0.717, 1.165) is 18.8 Å².